The fraction of sp³-hybridized carbons (Fsp3) is 0.286. The van der Waals surface area contributed by atoms with Gasteiger partial charge in [0.05, 0.1) is 11.4 Å². The monoisotopic (exact) mass is 458 g/mol. The maximum Gasteiger partial charge on any atom is 0.234 e. The molecule has 0 aliphatic heterocycles. The molecule has 0 unspecified atom stereocenters. The lowest BCUT2D eigenvalue weighted by molar-refractivity contribution is -0.113. The van der Waals surface area contributed by atoms with Crippen LogP contribution >= 0.6 is 27.7 Å². The van der Waals surface area contributed by atoms with Crippen LogP contribution in [-0.4, -0.2) is 26.4 Å². The zero-order valence-corrected chi connectivity index (χ0v) is 18.8. The topological polar surface area (TPSA) is 59.8 Å². The Morgan fingerprint density at radius 3 is 2.54 bits per heavy atom. The normalized spacial score (nSPS) is 10.9. The number of hydrogen-bond acceptors (Lipinski definition) is 4. The third-order valence-electron chi connectivity index (χ3n) is 4.61. The summed E-state index contributed by atoms with van der Waals surface area (Å²) in [7, 11) is 0. The van der Waals surface area contributed by atoms with Gasteiger partial charge in [0.1, 0.15) is 0 Å². The maximum atomic E-state index is 12.5. The Balaban J connectivity index is 1.72. The highest BCUT2D eigenvalue weighted by Crippen LogP contribution is 2.28. The van der Waals surface area contributed by atoms with E-state index >= 15 is 0 Å². The van der Waals surface area contributed by atoms with Crippen LogP contribution in [0.1, 0.15) is 23.6 Å². The fourth-order valence-electron chi connectivity index (χ4n) is 2.90. The minimum Gasteiger partial charge on any atom is -0.324 e. The second-order valence-corrected chi connectivity index (χ2v) is 8.42. The third kappa shape index (κ3) is 4.47. The summed E-state index contributed by atoms with van der Waals surface area (Å²) >= 11 is 4.91. The molecule has 5 nitrogen and oxygen atoms in total. The van der Waals surface area contributed by atoms with E-state index < -0.39 is 0 Å². The van der Waals surface area contributed by atoms with Crippen LogP contribution in [0.3, 0.4) is 0 Å². The molecule has 0 radical (unpaired) electrons. The van der Waals surface area contributed by atoms with Gasteiger partial charge in [-0.15, -0.1) is 10.2 Å². The molecule has 0 fully saturated rings. The molecule has 0 aliphatic rings. The number of anilines is 1. The van der Waals surface area contributed by atoms with Crippen molar-refractivity contribution >= 4 is 39.3 Å². The van der Waals surface area contributed by atoms with Crippen LogP contribution in [0.25, 0.3) is 11.4 Å². The van der Waals surface area contributed by atoms with E-state index in [1.54, 1.807) is 0 Å². The zero-order valence-electron chi connectivity index (χ0n) is 16.4. The Hall–Kier alpha value is -2.12. The lowest BCUT2D eigenvalue weighted by atomic mass is 10.1. The van der Waals surface area contributed by atoms with Gasteiger partial charge >= 0.3 is 0 Å². The molecule has 7 heteroatoms. The van der Waals surface area contributed by atoms with Gasteiger partial charge in [-0.3, -0.25) is 4.79 Å². The highest BCUT2D eigenvalue weighted by atomic mass is 79.9. The summed E-state index contributed by atoms with van der Waals surface area (Å²) in [6.07, 6.45) is 0. The molecular formula is C21H23BrN4OS. The maximum absolute atomic E-state index is 12.5. The van der Waals surface area contributed by atoms with Crippen molar-refractivity contribution in [2.45, 2.75) is 39.4 Å². The van der Waals surface area contributed by atoms with Crippen molar-refractivity contribution in [1.29, 1.82) is 0 Å². The van der Waals surface area contributed by atoms with Crippen molar-refractivity contribution in [3.63, 3.8) is 0 Å². The molecule has 0 saturated heterocycles. The van der Waals surface area contributed by atoms with Gasteiger partial charge in [-0.05, 0) is 72.4 Å². The molecule has 1 N–H and O–H groups in total. The molecule has 0 atom stereocenters. The van der Waals surface area contributed by atoms with E-state index in [2.05, 4.69) is 51.4 Å². The van der Waals surface area contributed by atoms with Crippen LogP contribution in [-0.2, 0) is 11.3 Å². The first-order valence-electron chi connectivity index (χ1n) is 9.09. The van der Waals surface area contributed by atoms with Crippen molar-refractivity contribution in [3.05, 3.63) is 57.6 Å². The van der Waals surface area contributed by atoms with Gasteiger partial charge in [0.2, 0.25) is 5.91 Å². The van der Waals surface area contributed by atoms with Gasteiger partial charge in [-0.2, -0.15) is 0 Å². The SMILES string of the molecule is CCn1c(SCC(=O)Nc2cc(C)c(C)cc2Br)nnc1-c1ccccc1C. The van der Waals surface area contributed by atoms with E-state index in [9.17, 15) is 4.79 Å². The number of halogens is 1. The minimum atomic E-state index is -0.0722. The Bertz CT molecular complexity index is 1020. The van der Waals surface area contributed by atoms with Gasteiger partial charge < -0.3 is 9.88 Å². The lowest BCUT2D eigenvalue weighted by Gasteiger charge is -2.11. The first-order valence-corrected chi connectivity index (χ1v) is 10.9. The quantitative estimate of drug-likeness (QED) is 0.503. The number of hydrogen-bond donors (Lipinski definition) is 1. The first-order chi connectivity index (χ1) is 13.4. The molecule has 3 aromatic rings. The van der Waals surface area contributed by atoms with Gasteiger partial charge in [0.15, 0.2) is 11.0 Å². The summed E-state index contributed by atoms with van der Waals surface area (Å²) in [4.78, 5) is 12.5. The number of thioether (sulfide) groups is 1. The molecule has 28 heavy (non-hydrogen) atoms. The number of nitrogens with one attached hydrogen (secondary N) is 1. The average Bonchev–Trinajstić information content (AvgIpc) is 3.07. The van der Waals surface area contributed by atoms with E-state index in [0.717, 1.165) is 44.4 Å². The molecule has 0 saturated carbocycles. The van der Waals surface area contributed by atoms with E-state index in [4.69, 9.17) is 0 Å². The molecule has 146 valence electrons. The standard InChI is InChI=1S/C21H23BrN4OS/c1-5-26-20(16-9-7-6-8-13(16)2)24-25-21(26)28-12-19(27)23-18-11-15(4)14(3)10-17(18)22/h6-11H,5,12H2,1-4H3,(H,23,27). The molecular weight excluding hydrogens is 436 g/mol. The van der Waals surface area contributed by atoms with Gasteiger partial charge in [-0.25, -0.2) is 0 Å². The predicted octanol–water partition coefficient (Wildman–Crippen LogP) is 5.38. The van der Waals surface area contributed by atoms with Crippen molar-refractivity contribution in [3.8, 4) is 11.4 Å². The fourth-order valence-corrected chi connectivity index (χ4v) is 4.26. The molecule has 0 spiro atoms. The highest BCUT2D eigenvalue weighted by Gasteiger charge is 2.16. The zero-order chi connectivity index (χ0) is 20.3. The second-order valence-electron chi connectivity index (χ2n) is 6.62. The summed E-state index contributed by atoms with van der Waals surface area (Å²) in [5, 5.41) is 12.4. The summed E-state index contributed by atoms with van der Waals surface area (Å²) in [6, 6.07) is 12.1. The molecule has 0 bridgehead atoms. The Labute approximate surface area is 178 Å². The van der Waals surface area contributed by atoms with E-state index in [1.165, 1.54) is 17.3 Å². The first kappa shape index (κ1) is 20.6. The molecule has 1 aromatic heterocycles. The second kappa shape index (κ2) is 8.92. The van der Waals surface area contributed by atoms with Crippen molar-refractivity contribution in [2.24, 2.45) is 0 Å². The Morgan fingerprint density at radius 1 is 1.11 bits per heavy atom. The number of carbonyl (C=O) groups is 1. The largest absolute Gasteiger partial charge is 0.324 e. The number of carbonyl (C=O) groups excluding carboxylic acids is 1. The number of amides is 1. The molecule has 1 amide bonds. The van der Waals surface area contributed by atoms with Crippen LogP contribution in [0.4, 0.5) is 5.69 Å². The highest BCUT2D eigenvalue weighted by molar-refractivity contribution is 9.10. The summed E-state index contributed by atoms with van der Waals surface area (Å²) < 4.78 is 2.93. The average molecular weight is 459 g/mol. The Kier molecular flexibility index (Phi) is 6.57. The minimum absolute atomic E-state index is 0.0722. The van der Waals surface area contributed by atoms with Gasteiger partial charge in [0, 0.05) is 16.6 Å². The van der Waals surface area contributed by atoms with Crippen LogP contribution in [0, 0.1) is 20.8 Å². The molecule has 0 aliphatic carbocycles. The number of aryl methyl sites for hydroxylation is 3. The number of aromatic nitrogens is 3. The Morgan fingerprint density at radius 2 is 1.82 bits per heavy atom. The predicted molar refractivity (Wildman–Crippen MR) is 119 cm³/mol. The number of benzene rings is 2. The van der Waals surface area contributed by atoms with E-state index in [-0.39, 0.29) is 11.7 Å². The van der Waals surface area contributed by atoms with Gasteiger partial charge in [-0.1, -0.05) is 36.0 Å². The van der Waals surface area contributed by atoms with Crippen molar-refractivity contribution in [1.82, 2.24) is 14.8 Å². The van der Waals surface area contributed by atoms with E-state index in [0.29, 0.717) is 0 Å². The van der Waals surface area contributed by atoms with Crippen LogP contribution in [0.5, 0.6) is 0 Å². The lowest BCUT2D eigenvalue weighted by Crippen LogP contribution is -2.15. The van der Waals surface area contributed by atoms with Crippen molar-refractivity contribution < 1.29 is 4.79 Å². The number of nitrogens with zero attached hydrogens (tertiary/aromatic N) is 3. The number of rotatable bonds is 6. The molecule has 3 rings (SSSR count). The summed E-state index contributed by atoms with van der Waals surface area (Å²) in [6.45, 7) is 8.94. The smallest absolute Gasteiger partial charge is 0.234 e. The third-order valence-corrected chi connectivity index (χ3v) is 6.23. The molecule has 2 aromatic carbocycles. The summed E-state index contributed by atoms with van der Waals surface area (Å²) in [5.41, 5.74) is 5.32. The van der Waals surface area contributed by atoms with Crippen LogP contribution in [0.2, 0.25) is 0 Å². The van der Waals surface area contributed by atoms with Crippen LogP contribution in [0.15, 0.2) is 46.0 Å². The van der Waals surface area contributed by atoms with Crippen LogP contribution < -0.4 is 5.32 Å². The van der Waals surface area contributed by atoms with E-state index in [1.807, 2.05) is 48.7 Å². The molecule has 1 heterocycles. The van der Waals surface area contributed by atoms with Gasteiger partial charge in [0.25, 0.3) is 0 Å². The summed E-state index contributed by atoms with van der Waals surface area (Å²) in [5.74, 6) is 1.03. The van der Waals surface area contributed by atoms with Crippen molar-refractivity contribution in [2.75, 3.05) is 11.1 Å².